The number of benzene rings is 9. The lowest BCUT2D eigenvalue weighted by Crippen LogP contribution is -2.00. The Balaban J connectivity index is 1.10. The minimum absolute atomic E-state index is 0.609. The van der Waals surface area contributed by atoms with Gasteiger partial charge in [0.2, 0.25) is 5.89 Å². The molecule has 0 saturated heterocycles. The summed E-state index contributed by atoms with van der Waals surface area (Å²) in [6.07, 6.45) is 0. The maximum atomic E-state index is 6.58. The van der Waals surface area contributed by atoms with Crippen molar-refractivity contribution in [3.8, 4) is 56.7 Å². The van der Waals surface area contributed by atoms with Crippen LogP contribution in [0.1, 0.15) is 0 Å². The molecule has 256 valence electrons. The smallest absolute Gasteiger partial charge is 0.227 e. The lowest BCUT2D eigenvalue weighted by molar-refractivity contribution is 0.623. The van der Waals surface area contributed by atoms with Crippen LogP contribution in [0.2, 0.25) is 0 Å². The molecule has 5 heteroatoms. The highest BCUT2D eigenvalue weighted by molar-refractivity contribution is 6.27. The summed E-state index contributed by atoms with van der Waals surface area (Å²) in [5, 5.41) is 8.95. The van der Waals surface area contributed by atoms with E-state index in [1.54, 1.807) is 0 Å². The van der Waals surface area contributed by atoms with Gasteiger partial charge in [-0.1, -0.05) is 164 Å². The van der Waals surface area contributed by atoms with Crippen LogP contribution in [0.3, 0.4) is 0 Å². The molecule has 0 bridgehead atoms. The van der Waals surface area contributed by atoms with E-state index >= 15 is 0 Å². The molecule has 55 heavy (non-hydrogen) atoms. The van der Waals surface area contributed by atoms with Crippen molar-refractivity contribution < 1.29 is 4.42 Å². The molecule has 0 spiro atoms. The van der Waals surface area contributed by atoms with Gasteiger partial charge in [0.05, 0.1) is 0 Å². The minimum Gasteiger partial charge on any atom is -0.435 e. The van der Waals surface area contributed by atoms with Crippen LogP contribution < -0.4 is 0 Å². The first-order valence-electron chi connectivity index (χ1n) is 18.4. The molecule has 0 aliphatic heterocycles. The summed E-state index contributed by atoms with van der Waals surface area (Å²) >= 11 is 0. The van der Waals surface area contributed by atoms with Gasteiger partial charge in [0, 0.05) is 33.0 Å². The molecule has 11 rings (SSSR count). The molecule has 0 saturated carbocycles. The first kappa shape index (κ1) is 31.1. The van der Waals surface area contributed by atoms with E-state index in [1.807, 2.05) is 66.7 Å². The Kier molecular flexibility index (Phi) is 7.10. The van der Waals surface area contributed by atoms with Crippen LogP contribution in [0, 0.1) is 0 Å². The summed E-state index contributed by atoms with van der Waals surface area (Å²) in [4.78, 5) is 20.3. The lowest BCUT2D eigenvalue weighted by Gasteiger charge is -2.13. The van der Waals surface area contributed by atoms with Crippen LogP contribution in [-0.2, 0) is 0 Å². The molecule has 2 aromatic heterocycles. The predicted molar refractivity (Wildman–Crippen MR) is 225 cm³/mol. The molecule has 0 aliphatic rings. The average Bonchev–Trinajstić information content (AvgIpc) is 3.71. The zero-order valence-electron chi connectivity index (χ0n) is 29.5. The van der Waals surface area contributed by atoms with Crippen molar-refractivity contribution >= 4 is 54.2 Å². The summed E-state index contributed by atoms with van der Waals surface area (Å²) < 4.78 is 6.58. The Morgan fingerprint density at radius 1 is 0.309 bits per heavy atom. The first-order valence-corrected chi connectivity index (χ1v) is 18.4. The topological polar surface area (TPSA) is 64.7 Å². The van der Waals surface area contributed by atoms with Crippen LogP contribution in [0.15, 0.2) is 186 Å². The van der Waals surface area contributed by atoms with E-state index in [9.17, 15) is 0 Å². The fourth-order valence-corrected chi connectivity index (χ4v) is 7.89. The van der Waals surface area contributed by atoms with Crippen molar-refractivity contribution in [3.63, 3.8) is 0 Å². The Morgan fingerprint density at radius 2 is 0.873 bits per heavy atom. The van der Waals surface area contributed by atoms with Gasteiger partial charge < -0.3 is 4.42 Å². The van der Waals surface area contributed by atoms with Gasteiger partial charge >= 0.3 is 0 Å². The Bertz CT molecular complexity index is 3240. The molecule has 2 heterocycles. The molecule has 0 unspecified atom stereocenters. The Hall–Kier alpha value is -7.50. The zero-order valence-corrected chi connectivity index (χ0v) is 29.5. The predicted octanol–water partition coefficient (Wildman–Crippen LogP) is 13.0. The maximum Gasteiger partial charge on any atom is 0.227 e. The number of aromatic nitrogens is 4. The Morgan fingerprint density at radius 3 is 1.67 bits per heavy atom. The van der Waals surface area contributed by atoms with Crippen LogP contribution in [-0.4, -0.2) is 19.9 Å². The van der Waals surface area contributed by atoms with Crippen molar-refractivity contribution in [1.82, 2.24) is 19.9 Å². The van der Waals surface area contributed by atoms with Gasteiger partial charge in [-0.3, -0.25) is 0 Å². The molecule has 0 radical (unpaired) electrons. The summed E-state index contributed by atoms with van der Waals surface area (Å²) in [6.45, 7) is 0. The fourth-order valence-electron chi connectivity index (χ4n) is 7.89. The number of fused-ring (bicyclic) bond motifs is 8. The quantitative estimate of drug-likeness (QED) is 0.167. The monoisotopic (exact) mass is 702 g/mol. The average molecular weight is 703 g/mol. The number of hydrogen-bond donors (Lipinski definition) is 0. The molecule has 11 aromatic rings. The molecular weight excluding hydrogens is 673 g/mol. The highest BCUT2D eigenvalue weighted by Gasteiger charge is 2.18. The zero-order chi connectivity index (χ0) is 36.3. The molecular formula is C50H30N4O. The lowest BCUT2D eigenvalue weighted by atomic mass is 9.93. The van der Waals surface area contributed by atoms with E-state index < -0.39 is 0 Å². The van der Waals surface area contributed by atoms with Crippen molar-refractivity contribution in [2.24, 2.45) is 0 Å². The van der Waals surface area contributed by atoms with Crippen LogP contribution >= 0.6 is 0 Å². The third-order valence-corrected chi connectivity index (χ3v) is 10.5. The van der Waals surface area contributed by atoms with Crippen molar-refractivity contribution in [3.05, 3.63) is 182 Å². The van der Waals surface area contributed by atoms with E-state index in [4.69, 9.17) is 24.4 Å². The van der Waals surface area contributed by atoms with Gasteiger partial charge in [0.15, 0.2) is 23.1 Å². The number of oxazole rings is 1. The largest absolute Gasteiger partial charge is 0.435 e. The van der Waals surface area contributed by atoms with Crippen LogP contribution in [0.25, 0.3) is 111 Å². The van der Waals surface area contributed by atoms with Gasteiger partial charge in [-0.05, 0) is 61.6 Å². The van der Waals surface area contributed by atoms with Gasteiger partial charge in [0.25, 0.3) is 0 Å². The van der Waals surface area contributed by atoms with E-state index in [-0.39, 0.29) is 0 Å². The van der Waals surface area contributed by atoms with Crippen molar-refractivity contribution in [2.75, 3.05) is 0 Å². The third kappa shape index (κ3) is 5.24. The molecule has 0 N–H and O–H groups in total. The van der Waals surface area contributed by atoms with Crippen LogP contribution in [0.4, 0.5) is 0 Å². The summed E-state index contributed by atoms with van der Waals surface area (Å²) in [5.41, 5.74) is 7.67. The fraction of sp³-hybridized carbons (Fsp3) is 0. The minimum atomic E-state index is 0.609. The van der Waals surface area contributed by atoms with Gasteiger partial charge in [-0.2, -0.15) is 0 Å². The standard InChI is InChI=1S/C50H30N4O/c1-3-12-35(13-4-1)47-52-48(36-25-21-32(22-26-36)39-18-9-16-31-11-7-8-17-38(31)39)54-49(53-47)42-20-10-19-41-40(42)29-27-33-23-24-34-28-30-43-46(45(34)44(33)41)55-50(51-43)37-14-5-2-6-15-37/h1-30H. The normalized spacial score (nSPS) is 11.6. The summed E-state index contributed by atoms with van der Waals surface area (Å²) in [7, 11) is 0. The summed E-state index contributed by atoms with van der Waals surface area (Å²) in [5.74, 6) is 2.47. The SMILES string of the molecule is c1ccc(-c2nc(-c3ccc(-c4cccc5ccccc45)cc3)nc(-c3cccc4c3ccc3ccc5ccc6nc(-c7ccccc7)oc6c5c34)n2)cc1. The number of rotatable bonds is 5. The van der Waals surface area contributed by atoms with Gasteiger partial charge in [-0.25, -0.2) is 19.9 Å². The van der Waals surface area contributed by atoms with E-state index in [1.165, 1.54) is 16.3 Å². The highest BCUT2D eigenvalue weighted by atomic mass is 16.3. The molecule has 0 fully saturated rings. The second-order valence-electron chi connectivity index (χ2n) is 13.8. The number of hydrogen-bond acceptors (Lipinski definition) is 5. The second kappa shape index (κ2) is 12.6. The van der Waals surface area contributed by atoms with E-state index in [0.29, 0.717) is 23.4 Å². The molecule has 0 atom stereocenters. The number of nitrogens with zero attached hydrogens (tertiary/aromatic N) is 4. The molecule has 5 nitrogen and oxygen atoms in total. The third-order valence-electron chi connectivity index (χ3n) is 10.5. The van der Waals surface area contributed by atoms with Crippen molar-refractivity contribution in [2.45, 2.75) is 0 Å². The van der Waals surface area contributed by atoms with E-state index in [2.05, 4.69) is 115 Å². The highest BCUT2D eigenvalue weighted by Crippen LogP contribution is 2.40. The first-order chi connectivity index (χ1) is 27.2. The molecule has 0 aliphatic carbocycles. The molecule has 0 amide bonds. The second-order valence-corrected chi connectivity index (χ2v) is 13.8. The van der Waals surface area contributed by atoms with Crippen molar-refractivity contribution in [1.29, 1.82) is 0 Å². The van der Waals surface area contributed by atoms with E-state index in [0.717, 1.165) is 71.2 Å². The maximum absolute atomic E-state index is 6.58. The Labute approximate surface area is 316 Å². The van der Waals surface area contributed by atoms with Gasteiger partial charge in [0.1, 0.15) is 5.52 Å². The molecule has 9 aromatic carbocycles. The summed E-state index contributed by atoms with van der Waals surface area (Å²) in [6, 6.07) is 62.9. The van der Waals surface area contributed by atoms with Crippen LogP contribution in [0.5, 0.6) is 0 Å². The van der Waals surface area contributed by atoms with Gasteiger partial charge in [-0.15, -0.1) is 0 Å².